The number of benzene rings is 2. The SMILES string of the molecule is Cc1cccc(Nc2ncnc(NNc3ccccc3)c2[N+](=O)[O-])c1C. The van der Waals surface area contributed by atoms with Gasteiger partial charge in [0.15, 0.2) is 0 Å². The Balaban J connectivity index is 1.91. The average Bonchev–Trinajstić information content (AvgIpc) is 2.64. The van der Waals surface area contributed by atoms with Crippen LogP contribution in [0.25, 0.3) is 0 Å². The van der Waals surface area contributed by atoms with Gasteiger partial charge in [0, 0.05) is 5.69 Å². The number of nitro groups is 1. The van der Waals surface area contributed by atoms with Gasteiger partial charge in [-0.1, -0.05) is 30.3 Å². The van der Waals surface area contributed by atoms with Gasteiger partial charge in [0.05, 0.1) is 10.6 Å². The number of hydrogen-bond acceptors (Lipinski definition) is 7. The second-order valence-electron chi connectivity index (χ2n) is 5.67. The Morgan fingerprint density at radius 1 is 0.923 bits per heavy atom. The highest BCUT2D eigenvalue weighted by molar-refractivity contribution is 5.75. The molecule has 2 aromatic carbocycles. The first-order valence-electron chi connectivity index (χ1n) is 7.96. The molecule has 0 spiro atoms. The Morgan fingerprint density at radius 2 is 1.65 bits per heavy atom. The maximum Gasteiger partial charge on any atom is 0.355 e. The van der Waals surface area contributed by atoms with Crippen LogP contribution in [0.3, 0.4) is 0 Å². The molecule has 3 aromatic rings. The van der Waals surface area contributed by atoms with E-state index in [0.29, 0.717) is 0 Å². The maximum atomic E-state index is 11.6. The molecule has 0 fully saturated rings. The number of aromatic nitrogens is 2. The van der Waals surface area contributed by atoms with Gasteiger partial charge >= 0.3 is 5.69 Å². The highest BCUT2D eigenvalue weighted by Crippen LogP contribution is 2.32. The molecule has 0 unspecified atom stereocenters. The molecule has 8 nitrogen and oxygen atoms in total. The van der Waals surface area contributed by atoms with Crippen molar-refractivity contribution in [1.82, 2.24) is 9.97 Å². The van der Waals surface area contributed by atoms with Gasteiger partial charge in [0.25, 0.3) is 0 Å². The molecule has 0 radical (unpaired) electrons. The molecule has 132 valence electrons. The van der Waals surface area contributed by atoms with Gasteiger partial charge < -0.3 is 5.32 Å². The molecule has 0 bridgehead atoms. The van der Waals surface area contributed by atoms with E-state index in [9.17, 15) is 10.1 Å². The summed E-state index contributed by atoms with van der Waals surface area (Å²) in [4.78, 5) is 19.1. The standard InChI is InChI=1S/C18H18N6O2/c1-12-7-6-10-15(13(12)2)21-17-16(24(25)26)18(20-11-19-17)23-22-14-8-4-3-5-9-14/h3-11,22H,1-2H3,(H2,19,20,21,23). The van der Waals surface area contributed by atoms with E-state index in [1.807, 2.05) is 62.4 Å². The van der Waals surface area contributed by atoms with E-state index in [1.54, 1.807) is 0 Å². The Bertz CT molecular complexity index is 930. The highest BCUT2D eigenvalue weighted by atomic mass is 16.6. The molecule has 3 N–H and O–H groups in total. The van der Waals surface area contributed by atoms with Crippen LogP contribution in [0.15, 0.2) is 54.9 Å². The summed E-state index contributed by atoms with van der Waals surface area (Å²) in [5.74, 6) is 0.192. The van der Waals surface area contributed by atoms with Crippen molar-refractivity contribution in [2.45, 2.75) is 13.8 Å². The van der Waals surface area contributed by atoms with Gasteiger partial charge in [-0.05, 0) is 43.2 Å². The molecular weight excluding hydrogens is 332 g/mol. The van der Waals surface area contributed by atoms with Gasteiger partial charge in [-0.25, -0.2) is 9.97 Å². The van der Waals surface area contributed by atoms with Crippen molar-refractivity contribution in [2.24, 2.45) is 0 Å². The number of hydrazine groups is 1. The lowest BCUT2D eigenvalue weighted by molar-refractivity contribution is -0.383. The van der Waals surface area contributed by atoms with E-state index in [4.69, 9.17) is 0 Å². The lowest BCUT2D eigenvalue weighted by Gasteiger charge is -2.13. The Labute approximate surface area is 150 Å². The summed E-state index contributed by atoms with van der Waals surface area (Å²) >= 11 is 0. The van der Waals surface area contributed by atoms with Crippen LogP contribution < -0.4 is 16.2 Å². The number of aryl methyl sites for hydroxylation is 1. The molecule has 0 aliphatic heterocycles. The fourth-order valence-corrected chi connectivity index (χ4v) is 2.40. The first-order chi connectivity index (χ1) is 12.6. The number of nitrogens with zero attached hydrogens (tertiary/aromatic N) is 3. The smallest absolute Gasteiger partial charge is 0.334 e. The van der Waals surface area contributed by atoms with E-state index < -0.39 is 4.92 Å². The summed E-state index contributed by atoms with van der Waals surface area (Å²) < 4.78 is 0. The molecule has 0 saturated heterocycles. The predicted molar refractivity (Wildman–Crippen MR) is 102 cm³/mol. The molecule has 0 aliphatic rings. The summed E-state index contributed by atoms with van der Waals surface area (Å²) in [7, 11) is 0. The van der Waals surface area contributed by atoms with Gasteiger partial charge in [-0.2, -0.15) is 0 Å². The zero-order valence-electron chi connectivity index (χ0n) is 14.4. The summed E-state index contributed by atoms with van der Waals surface area (Å²) in [5.41, 5.74) is 9.03. The third-order valence-corrected chi connectivity index (χ3v) is 3.96. The summed E-state index contributed by atoms with van der Waals surface area (Å²) in [6, 6.07) is 15.0. The van der Waals surface area contributed by atoms with Crippen molar-refractivity contribution in [2.75, 3.05) is 16.2 Å². The Kier molecular flexibility index (Phi) is 4.93. The van der Waals surface area contributed by atoms with Crippen molar-refractivity contribution < 1.29 is 4.92 Å². The summed E-state index contributed by atoms with van der Waals surface area (Å²) in [6.07, 6.45) is 1.27. The zero-order valence-corrected chi connectivity index (χ0v) is 14.4. The van der Waals surface area contributed by atoms with Gasteiger partial charge in [0.1, 0.15) is 6.33 Å². The maximum absolute atomic E-state index is 11.6. The molecule has 0 saturated carbocycles. The van der Waals surface area contributed by atoms with Gasteiger partial charge in [-0.3, -0.25) is 21.0 Å². The van der Waals surface area contributed by atoms with Crippen molar-refractivity contribution in [3.63, 3.8) is 0 Å². The van der Waals surface area contributed by atoms with Crippen LogP contribution >= 0.6 is 0 Å². The van der Waals surface area contributed by atoms with E-state index in [0.717, 1.165) is 22.5 Å². The predicted octanol–water partition coefficient (Wildman–Crippen LogP) is 4.18. The highest BCUT2D eigenvalue weighted by Gasteiger charge is 2.23. The number of hydrogen-bond donors (Lipinski definition) is 3. The molecule has 1 heterocycles. The molecule has 0 aliphatic carbocycles. The molecule has 8 heteroatoms. The average molecular weight is 350 g/mol. The lowest BCUT2D eigenvalue weighted by Crippen LogP contribution is -2.13. The van der Waals surface area contributed by atoms with Crippen LogP contribution in [0.1, 0.15) is 11.1 Å². The van der Waals surface area contributed by atoms with E-state index in [2.05, 4.69) is 26.1 Å². The van der Waals surface area contributed by atoms with Crippen LogP contribution in [-0.4, -0.2) is 14.9 Å². The Hall–Kier alpha value is -3.68. The monoisotopic (exact) mass is 350 g/mol. The second kappa shape index (κ2) is 7.47. The normalized spacial score (nSPS) is 10.2. The van der Waals surface area contributed by atoms with Crippen LogP contribution in [0, 0.1) is 24.0 Å². The summed E-state index contributed by atoms with van der Waals surface area (Å²) in [5, 5.41) is 14.7. The number of nitrogens with one attached hydrogen (secondary N) is 3. The number of rotatable bonds is 6. The van der Waals surface area contributed by atoms with Gasteiger partial charge in [-0.15, -0.1) is 0 Å². The molecule has 26 heavy (non-hydrogen) atoms. The lowest BCUT2D eigenvalue weighted by atomic mass is 10.1. The fourth-order valence-electron chi connectivity index (χ4n) is 2.40. The molecule has 3 rings (SSSR count). The van der Waals surface area contributed by atoms with Crippen molar-refractivity contribution >= 4 is 28.7 Å². The minimum atomic E-state index is -0.511. The molecular formula is C18H18N6O2. The van der Waals surface area contributed by atoms with E-state index in [1.165, 1.54) is 6.33 Å². The van der Waals surface area contributed by atoms with Gasteiger partial charge in [0.2, 0.25) is 11.6 Å². The summed E-state index contributed by atoms with van der Waals surface area (Å²) in [6.45, 7) is 3.92. The topological polar surface area (TPSA) is 105 Å². The van der Waals surface area contributed by atoms with Crippen LogP contribution in [-0.2, 0) is 0 Å². The van der Waals surface area contributed by atoms with Crippen molar-refractivity contribution in [3.05, 3.63) is 76.1 Å². The minimum Gasteiger partial charge on any atom is -0.334 e. The quantitative estimate of drug-likeness (QED) is 0.452. The largest absolute Gasteiger partial charge is 0.355 e. The van der Waals surface area contributed by atoms with Crippen molar-refractivity contribution in [3.8, 4) is 0 Å². The molecule has 0 atom stereocenters. The Morgan fingerprint density at radius 3 is 2.38 bits per heavy atom. The fraction of sp³-hybridized carbons (Fsp3) is 0.111. The molecule has 0 amide bonds. The van der Waals surface area contributed by atoms with Crippen LogP contribution in [0.2, 0.25) is 0 Å². The third-order valence-electron chi connectivity index (χ3n) is 3.96. The van der Waals surface area contributed by atoms with E-state index >= 15 is 0 Å². The first-order valence-corrected chi connectivity index (χ1v) is 7.96. The number of para-hydroxylation sites is 1. The number of anilines is 4. The zero-order chi connectivity index (χ0) is 18.5. The van der Waals surface area contributed by atoms with E-state index in [-0.39, 0.29) is 17.3 Å². The molecule has 1 aromatic heterocycles. The van der Waals surface area contributed by atoms with Crippen LogP contribution in [0.5, 0.6) is 0 Å². The van der Waals surface area contributed by atoms with Crippen LogP contribution in [0.4, 0.5) is 28.7 Å². The second-order valence-corrected chi connectivity index (χ2v) is 5.67. The minimum absolute atomic E-state index is 0.0710. The third kappa shape index (κ3) is 3.69. The first kappa shape index (κ1) is 17.2. The van der Waals surface area contributed by atoms with Crippen molar-refractivity contribution in [1.29, 1.82) is 0 Å².